The van der Waals surface area contributed by atoms with Crippen molar-refractivity contribution in [2.75, 3.05) is 11.9 Å². The van der Waals surface area contributed by atoms with Crippen LogP contribution < -0.4 is 4.90 Å². The van der Waals surface area contributed by atoms with E-state index in [1.165, 1.54) is 0 Å². The molecule has 0 unspecified atom stereocenters. The number of rotatable bonds is 3. The van der Waals surface area contributed by atoms with E-state index >= 15 is 0 Å². The van der Waals surface area contributed by atoms with Crippen LogP contribution in [0, 0.1) is 18.3 Å². The fourth-order valence-corrected chi connectivity index (χ4v) is 1.73. The van der Waals surface area contributed by atoms with Crippen molar-refractivity contribution >= 4 is 5.69 Å². The Bertz CT molecular complexity index is 413. The van der Waals surface area contributed by atoms with E-state index < -0.39 is 0 Å². The minimum Gasteiger partial charge on any atom is -0.368 e. The first-order valence-corrected chi connectivity index (χ1v) is 5.67. The topological polar surface area (TPSA) is 27.0 Å². The third-order valence-corrected chi connectivity index (χ3v) is 3.47. The highest BCUT2D eigenvalue weighted by molar-refractivity contribution is 5.64. The van der Waals surface area contributed by atoms with Crippen LogP contribution >= 0.6 is 0 Å². The summed E-state index contributed by atoms with van der Waals surface area (Å²) in [5.74, 6) is 0. The van der Waals surface area contributed by atoms with Crippen molar-refractivity contribution in [3.05, 3.63) is 29.3 Å². The Morgan fingerprint density at radius 1 is 1.38 bits per heavy atom. The summed E-state index contributed by atoms with van der Waals surface area (Å²) in [6, 6.07) is 8.14. The molecule has 0 fully saturated rings. The lowest BCUT2D eigenvalue weighted by molar-refractivity contribution is 0.470. The van der Waals surface area contributed by atoms with Gasteiger partial charge in [0.15, 0.2) is 0 Å². The zero-order valence-electron chi connectivity index (χ0n) is 10.8. The van der Waals surface area contributed by atoms with Crippen molar-refractivity contribution < 1.29 is 0 Å². The second-order valence-corrected chi connectivity index (χ2v) is 4.81. The predicted molar refractivity (Wildman–Crippen MR) is 68.7 cm³/mol. The van der Waals surface area contributed by atoms with E-state index in [1.54, 1.807) is 0 Å². The van der Waals surface area contributed by atoms with Crippen LogP contribution in [-0.4, -0.2) is 12.6 Å². The van der Waals surface area contributed by atoms with Gasteiger partial charge < -0.3 is 4.90 Å². The van der Waals surface area contributed by atoms with Gasteiger partial charge >= 0.3 is 0 Å². The van der Waals surface area contributed by atoms with Crippen molar-refractivity contribution in [2.45, 2.75) is 39.7 Å². The van der Waals surface area contributed by atoms with E-state index in [2.05, 4.69) is 51.8 Å². The molecule has 0 bridgehead atoms. The Kier molecular flexibility index (Phi) is 3.59. The standard InChI is InChI=1S/C14H20N2/c1-6-14(3,4)16(5)13-11(2)8-7-9-12(13)10-15/h7-9H,6H2,1-5H3. The molecule has 0 radical (unpaired) electrons. The van der Waals surface area contributed by atoms with Gasteiger partial charge in [0.2, 0.25) is 0 Å². The van der Waals surface area contributed by atoms with Crippen LogP contribution in [0.4, 0.5) is 5.69 Å². The molecule has 2 heteroatoms. The molecule has 86 valence electrons. The lowest BCUT2D eigenvalue weighted by Crippen LogP contribution is -2.41. The molecule has 1 aromatic rings. The maximum Gasteiger partial charge on any atom is 0.101 e. The number of para-hydroxylation sites is 1. The molecule has 0 aliphatic carbocycles. The van der Waals surface area contributed by atoms with Gasteiger partial charge in [-0.1, -0.05) is 19.1 Å². The molecule has 0 aliphatic rings. The molecule has 0 atom stereocenters. The van der Waals surface area contributed by atoms with Gasteiger partial charge in [0, 0.05) is 12.6 Å². The van der Waals surface area contributed by atoms with Crippen LogP contribution in [0.3, 0.4) is 0 Å². The molecular weight excluding hydrogens is 196 g/mol. The monoisotopic (exact) mass is 216 g/mol. The summed E-state index contributed by atoms with van der Waals surface area (Å²) in [6.07, 6.45) is 1.04. The quantitative estimate of drug-likeness (QED) is 0.773. The fraction of sp³-hybridized carbons (Fsp3) is 0.500. The highest BCUT2D eigenvalue weighted by Crippen LogP contribution is 2.30. The lowest BCUT2D eigenvalue weighted by Gasteiger charge is -2.38. The summed E-state index contributed by atoms with van der Waals surface area (Å²) >= 11 is 0. The summed E-state index contributed by atoms with van der Waals surface area (Å²) in [7, 11) is 2.06. The molecule has 0 heterocycles. The zero-order valence-corrected chi connectivity index (χ0v) is 10.8. The normalized spacial score (nSPS) is 11.0. The third kappa shape index (κ3) is 2.19. The van der Waals surface area contributed by atoms with Gasteiger partial charge in [-0.2, -0.15) is 5.26 Å². The number of aryl methyl sites for hydroxylation is 1. The number of hydrogen-bond donors (Lipinski definition) is 0. The molecule has 0 N–H and O–H groups in total. The van der Waals surface area contributed by atoms with Crippen LogP contribution in [0.5, 0.6) is 0 Å². The summed E-state index contributed by atoms with van der Waals surface area (Å²) in [4.78, 5) is 2.21. The molecule has 0 aromatic heterocycles. The SMILES string of the molecule is CCC(C)(C)N(C)c1c(C)cccc1C#N. The van der Waals surface area contributed by atoms with E-state index in [0.717, 1.165) is 23.2 Å². The van der Waals surface area contributed by atoms with E-state index in [4.69, 9.17) is 5.26 Å². The van der Waals surface area contributed by atoms with E-state index in [0.29, 0.717) is 0 Å². The van der Waals surface area contributed by atoms with Gasteiger partial charge in [-0.25, -0.2) is 0 Å². The van der Waals surface area contributed by atoms with Gasteiger partial charge in [-0.3, -0.25) is 0 Å². The Hall–Kier alpha value is -1.49. The molecule has 1 aromatic carbocycles. The van der Waals surface area contributed by atoms with E-state index in [-0.39, 0.29) is 5.54 Å². The van der Waals surface area contributed by atoms with Crippen LogP contribution in [0.1, 0.15) is 38.3 Å². The predicted octanol–water partition coefficient (Wildman–Crippen LogP) is 3.49. The smallest absolute Gasteiger partial charge is 0.101 e. The average molecular weight is 216 g/mol. The second kappa shape index (κ2) is 4.57. The molecule has 2 nitrogen and oxygen atoms in total. The number of benzene rings is 1. The maximum absolute atomic E-state index is 9.15. The molecule has 0 amide bonds. The summed E-state index contributed by atoms with van der Waals surface area (Å²) < 4.78 is 0. The van der Waals surface area contributed by atoms with Crippen molar-refractivity contribution in [2.24, 2.45) is 0 Å². The highest BCUT2D eigenvalue weighted by Gasteiger charge is 2.24. The highest BCUT2D eigenvalue weighted by atomic mass is 15.2. The van der Waals surface area contributed by atoms with Crippen molar-refractivity contribution in [3.63, 3.8) is 0 Å². The Morgan fingerprint density at radius 2 is 2.00 bits per heavy atom. The van der Waals surface area contributed by atoms with Gasteiger partial charge in [0.25, 0.3) is 0 Å². The molecule has 16 heavy (non-hydrogen) atoms. The first-order valence-electron chi connectivity index (χ1n) is 5.67. The molecule has 0 saturated heterocycles. The molecule has 1 rings (SSSR count). The summed E-state index contributed by atoms with van der Waals surface area (Å²) in [5.41, 5.74) is 3.03. The number of hydrogen-bond acceptors (Lipinski definition) is 2. The molecule has 0 spiro atoms. The van der Waals surface area contributed by atoms with Crippen molar-refractivity contribution in [1.82, 2.24) is 0 Å². The number of anilines is 1. The summed E-state index contributed by atoms with van der Waals surface area (Å²) in [6.45, 7) is 8.61. The third-order valence-electron chi connectivity index (χ3n) is 3.47. The second-order valence-electron chi connectivity index (χ2n) is 4.81. The van der Waals surface area contributed by atoms with Gasteiger partial charge in [0.05, 0.1) is 11.3 Å². The lowest BCUT2D eigenvalue weighted by atomic mass is 9.96. The molecule has 0 aliphatic heterocycles. The van der Waals surface area contributed by atoms with Gasteiger partial charge in [-0.15, -0.1) is 0 Å². The van der Waals surface area contributed by atoms with Crippen molar-refractivity contribution in [1.29, 1.82) is 5.26 Å². The van der Waals surface area contributed by atoms with Crippen LogP contribution in [0.2, 0.25) is 0 Å². The van der Waals surface area contributed by atoms with Crippen LogP contribution in [-0.2, 0) is 0 Å². The van der Waals surface area contributed by atoms with E-state index in [9.17, 15) is 0 Å². The van der Waals surface area contributed by atoms with Crippen LogP contribution in [0.15, 0.2) is 18.2 Å². The van der Waals surface area contributed by atoms with Gasteiger partial charge in [0.1, 0.15) is 6.07 Å². The Balaban J connectivity index is 3.28. The fourth-order valence-electron chi connectivity index (χ4n) is 1.73. The Labute approximate surface area is 98.5 Å². The first-order chi connectivity index (χ1) is 7.44. The average Bonchev–Trinajstić information content (AvgIpc) is 2.27. The number of nitrogens with zero attached hydrogens (tertiary/aromatic N) is 2. The number of nitriles is 1. The largest absolute Gasteiger partial charge is 0.368 e. The summed E-state index contributed by atoms with van der Waals surface area (Å²) in [5, 5.41) is 9.15. The van der Waals surface area contributed by atoms with Crippen LogP contribution in [0.25, 0.3) is 0 Å². The van der Waals surface area contributed by atoms with Crippen molar-refractivity contribution in [3.8, 4) is 6.07 Å². The Morgan fingerprint density at radius 3 is 2.50 bits per heavy atom. The molecule has 0 saturated carbocycles. The zero-order chi connectivity index (χ0) is 12.3. The van der Waals surface area contributed by atoms with Gasteiger partial charge in [-0.05, 0) is 38.8 Å². The molecular formula is C14H20N2. The first kappa shape index (κ1) is 12.6. The van der Waals surface area contributed by atoms with E-state index in [1.807, 2.05) is 12.1 Å². The minimum absolute atomic E-state index is 0.0672. The maximum atomic E-state index is 9.15. The minimum atomic E-state index is 0.0672.